The lowest BCUT2D eigenvalue weighted by atomic mass is 10.1. The predicted octanol–water partition coefficient (Wildman–Crippen LogP) is 3.19. The quantitative estimate of drug-likeness (QED) is 0.512. The Labute approximate surface area is 174 Å². The van der Waals surface area contributed by atoms with Crippen molar-refractivity contribution in [2.75, 3.05) is 31.4 Å². The number of hydrogen-bond acceptors (Lipinski definition) is 6. The fourth-order valence-corrected chi connectivity index (χ4v) is 3.74. The Morgan fingerprint density at radius 1 is 1.18 bits per heavy atom. The molecule has 2 aromatic rings. The van der Waals surface area contributed by atoms with E-state index in [2.05, 4.69) is 10.6 Å². The second-order valence-electron chi connectivity index (χ2n) is 5.93. The van der Waals surface area contributed by atoms with E-state index in [0.717, 1.165) is 23.0 Å². The summed E-state index contributed by atoms with van der Waals surface area (Å²) < 4.78 is 10.5. The number of nitrogens with one attached hydrogen (secondary N) is 2. The summed E-state index contributed by atoms with van der Waals surface area (Å²) in [6.07, 6.45) is 4.19. The van der Waals surface area contributed by atoms with Crippen LogP contribution in [0.4, 0.5) is 0 Å². The number of carbonyl (C=O) groups excluding carboxylic acids is 2. The lowest BCUT2D eigenvalue weighted by molar-refractivity contribution is -0.122. The van der Waals surface area contributed by atoms with Crippen LogP contribution in [0.25, 0.3) is 0 Å². The van der Waals surface area contributed by atoms with E-state index < -0.39 is 6.04 Å². The Morgan fingerprint density at radius 3 is 2.71 bits per heavy atom. The van der Waals surface area contributed by atoms with E-state index in [0.29, 0.717) is 24.3 Å². The van der Waals surface area contributed by atoms with Crippen molar-refractivity contribution >= 4 is 35.3 Å². The molecular weight excluding hydrogens is 396 g/mol. The van der Waals surface area contributed by atoms with Crippen molar-refractivity contribution in [3.8, 4) is 5.75 Å². The van der Waals surface area contributed by atoms with Crippen molar-refractivity contribution in [1.82, 2.24) is 10.6 Å². The Bertz CT molecular complexity index is 738. The zero-order chi connectivity index (χ0) is 20.2. The Morgan fingerprint density at radius 2 is 2.00 bits per heavy atom. The molecule has 8 heteroatoms. The molecule has 0 unspecified atom stereocenters. The number of hydrogen-bond donors (Lipinski definition) is 2. The average molecular weight is 423 g/mol. The Kier molecular flexibility index (Phi) is 9.85. The van der Waals surface area contributed by atoms with Crippen molar-refractivity contribution in [2.24, 2.45) is 0 Å². The number of para-hydroxylation sites is 1. The van der Waals surface area contributed by atoms with Gasteiger partial charge in [0.15, 0.2) is 0 Å². The molecule has 0 aliphatic heterocycles. The van der Waals surface area contributed by atoms with Crippen LogP contribution in [0, 0.1) is 0 Å². The molecule has 0 saturated carbocycles. The molecule has 1 aromatic carbocycles. The summed E-state index contributed by atoms with van der Waals surface area (Å²) in [5, 5.41) is 5.75. The molecule has 2 rings (SSSR count). The third-order valence-corrected chi connectivity index (χ3v) is 5.58. The van der Waals surface area contributed by atoms with Crippen LogP contribution in [0.5, 0.6) is 5.75 Å². The normalized spacial score (nSPS) is 11.6. The van der Waals surface area contributed by atoms with E-state index in [4.69, 9.17) is 9.15 Å². The maximum Gasteiger partial charge on any atom is 0.255 e. The second kappa shape index (κ2) is 12.4. The highest BCUT2D eigenvalue weighted by Gasteiger charge is 2.22. The number of thioether (sulfide) groups is 2. The smallest absolute Gasteiger partial charge is 0.255 e. The maximum absolute atomic E-state index is 12.6. The molecule has 0 bridgehead atoms. The van der Waals surface area contributed by atoms with Crippen molar-refractivity contribution in [1.29, 1.82) is 0 Å². The van der Waals surface area contributed by atoms with Gasteiger partial charge in [0, 0.05) is 12.3 Å². The predicted molar refractivity (Wildman–Crippen MR) is 115 cm³/mol. The molecule has 2 amide bonds. The highest BCUT2D eigenvalue weighted by atomic mass is 32.2. The van der Waals surface area contributed by atoms with Gasteiger partial charge in [-0.2, -0.15) is 23.5 Å². The van der Waals surface area contributed by atoms with E-state index in [9.17, 15) is 9.59 Å². The largest absolute Gasteiger partial charge is 0.496 e. The van der Waals surface area contributed by atoms with E-state index >= 15 is 0 Å². The molecule has 0 aliphatic carbocycles. The number of amides is 2. The van der Waals surface area contributed by atoms with E-state index in [1.807, 2.05) is 18.4 Å². The van der Waals surface area contributed by atoms with Crippen molar-refractivity contribution < 1.29 is 18.7 Å². The number of carbonyl (C=O) groups is 2. The summed E-state index contributed by atoms with van der Waals surface area (Å²) >= 11 is 3.32. The zero-order valence-corrected chi connectivity index (χ0v) is 17.7. The van der Waals surface area contributed by atoms with Crippen molar-refractivity contribution in [3.05, 3.63) is 54.0 Å². The Hall–Kier alpha value is -2.06. The van der Waals surface area contributed by atoms with Gasteiger partial charge in [0.1, 0.15) is 17.6 Å². The Balaban J connectivity index is 1.84. The highest BCUT2D eigenvalue weighted by molar-refractivity contribution is 7.98. The third kappa shape index (κ3) is 7.16. The van der Waals surface area contributed by atoms with Crippen LogP contribution in [0.3, 0.4) is 0 Å². The lowest BCUT2D eigenvalue weighted by Gasteiger charge is -2.19. The maximum atomic E-state index is 12.6. The fourth-order valence-electron chi connectivity index (χ4n) is 2.51. The van der Waals surface area contributed by atoms with Gasteiger partial charge >= 0.3 is 0 Å². The molecular formula is C20H26N2O4S2. The minimum atomic E-state index is -0.583. The first-order valence-electron chi connectivity index (χ1n) is 8.96. The van der Waals surface area contributed by atoms with Crippen LogP contribution in [0.1, 0.15) is 22.5 Å². The first-order chi connectivity index (χ1) is 13.7. The molecule has 6 nitrogen and oxygen atoms in total. The lowest BCUT2D eigenvalue weighted by Crippen LogP contribution is -2.47. The van der Waals surface area contributed by atoms with Gasteiger partial charge < -0.3 is 19.8 Å². The zero-order valence-electron chi connectivity index (χ0n) is 16.1. The number of furan rings is 1. The minimum Gasteiger partial charge on any atom is -0.496 e. The van der Waals surface area contributed by atoms with Gasteiger partial charge in [0.05, 0.1) is 24.7 Å². The molecule has 2 N–H and O–H groups in total. The van der Waals surface area contributed by atoms with Gasteiger partial charge in [0.2, 0.25) is 5.91 Å². The van der Waals surface area contributed by atoms with Gasteiger partial charge in [-0.25, -0.2) is 0 Å². The minimum absolute atomic E-state index is 0.170. The molecule has 152 valence electrons. The summed E-state index contributed by atoms with van der Waals surface area (Å²) in [4.78, 5) is 25.2. The van der Waals surface area contributed by atoms with Crippen molar-refractivity contribution in [2.45, 2.75) is 18.2 Å². The number of methoxy groups -OCH3 is 1. The van der Waals surface area contributed by atoms with E-state index in [-0.39, 0.29) is 11.8 Å². The molecule has 1 atom stereocenters. The molecule has 1 heterocycles. The molecule has 28 heavy (non-hydrogen) atoms. The van der Waals surface area contributed by atoms with Crippen LogP contribution in [0.2, 0.25) is 0 Å². The van der Waals surface area contributed by atoms with Crippen LogP contribution >= 0.6 is 23.5 Å². The fraction of sp³-hybridized carbons (Fsp3) is 0.400. The molecule has 0 aliphatic rings. The summed E-state index contributed by atoms with van der Waals surface area (Å²) in [7, 11) is 1.52. The third-order valence-electron chi connectivity index (χ3n) is 3.95. The monoisotopic (exact) mass is 422 g/mol. The van der Waals surface area contributed by atoms with Gasteiger partial charge in [-0.05, 0) is 42.7 Å². The van der Waals surface area contributed by atoms with Gasteiger partial charge in [0.25, 0.3) is 5.91 Å². The number of rotatable bonds is 12. The molecule has 0 fully saturated rings. The summed E-state index contributed by atoms with van der Waals surface area (Å²) in [6, 6.07) is 10.2. The molecule has 1 aromatic heterocycles. The number of ether oxygens (including phenoxy) is 1. The van der Waals surface area contributed by atoms with Crippen molar-refractivity contribution in [3.63, 3.8) is 0 Å². The highest BCUT2D eigenvalue weighted by Crippen LogP contribution is 2.17. The summed E-state index contributed by atoms with van der Waals surface area (Å²) in [5.74, 6) is 3.22. The SMILES string of the molecule is COc1ccccc1C(=O)N[C@H](CCSC)C(=O)NCCSCc1ccco1. The van der Waals surface area contributed by atoms with Crippen LogP contribution < -0.4 is 15.4 Å². The summed E-state index contributed by atoms with van der Waals surface area (Å²) in [6.45, 7) is 0.532. The molecule has 0 spiro atoms. The van der Waals surface area contributed by atoms with E-state index in [1.54, 1.807) is 54.1 Å². The standard InChI is InChI=1S/C20H26N2O4S2/c1-25-18-8-4-3-7-16(18)19(23)22-17(9-12-27-2)20(24)21-10-13-28-14-15-6-5-11-26-15/h3-8,11,17H,9-10,12-14H2,1-2H3,(H,21,24)(H,22,23)/t17-/m1/s1. The number of benzene rings is 1. The second-order valence-corrected chi connectivity index (χ2v) is 8.02. The van der Waals surface area contributed by atoms with Gasteiger partial charge in [-0.3, -0.25) is 9.59 Å². The topological polar surface area (TPSA) is 80.6 Å². The molecule has 0 saturated heterocycles. The first kappa shape index (κ1) is 22.2. The first-order valence-corrected chi connectivity index (χ1v) is 11.5. The van der Waals surface area contributed by atoms with Gasteiger partial charge in [-0.1, -0.05) is 12.1 Å². The van der Waals surface area contributed by atoms with Crippen LogP contribution in [-0.2, 0) is 10.5 Å². The van der Waals surface area contributed by atoms with Crippen LogP contribution in [0.15, 0.2) is 47.1 Å². The van der Waals surface area contributed by atoms with Crippen LogP contribution in [-0.4, -0.2) is 49.3 Å². The van der Waals surface area contributed by atoms with E-state index in [1.165, 1.54) is 7.11 Å². The molecule has 0 radical (unpaired) electrons. The average Bonchev–Trinajstić information content (AvgIpc) is 3.24. The summed E-state index contributed by atoms with van der Waals surface area (Å²) in [5.41, 5.74) is 0.418. The van der Waals surface area contributed by atoms with Gasteiger partial charge in [-0.15, -0.1) is 0 Å².